The number of ether oxygens (including phenoxy) is 1. The van der Waals surface area contributed by atoms with Crippen molar-refractivity contribution in [1.82, 2.24) is 0 Å². The highest BCUT2D eigenvalue weighted by Crippen LogP contribution is 2.27. The van der Waals surface area contributed by atoms with Crippen LogP contribution in [0.25, 0.3) is 0 Å². The summed E-state index contributed by atoms with van der Waals surface area (Å²) in [7, 11) is 1.86. The molecule has 0 unspecified atom stereocenters. The molecule has 1 aromatic carbocycles. The Bertz CT molecular complexity index is 421. The van der Waals surface area contributed by atoms with Gasteiger partial charge < -0.3 is 14.7 Å². The van der Waals surface area contributed by atoms with Crippen LogP contribution >= 0.6 is 15.9 Å². The SMILES string of the molecule is CC(C)OCCN(C)c1cccc(Br)c1C(=O)O. The number of rotatable bonds is 6. The molecule has 0 atom stereocenters. The lowest BCUT2D eigenvalue weighted by Crippen LogP contribution is -2.25. The maximum Gasteiger partial charge on any atom is 0.338 e. The number of aromatic carboxylic acids is 1. The van der Waals surface area contributed by atoms with Crippen molar-refractivity contribution in [2.75, 3.05) is 25.1 Å². The van der Waals surface area contributed by atoms with Crippen molar-refractivity contribution in [3.8, 4) is 0 Å². The van der Waals surface area contributed by atoms with Gasteiger partial charge in [0.25, 0.3) is 0 Å². The summed E-state index contributed by atoms with van der Waals surface area (Å²) in [4.78, 5) is 13.1. The van der Waals surface area contributed by atoms with E-state index in [0.717, 1.165) is 0 Å². The van der Waals surface area contributed by atoms with E-state index in [9.17, 15) is 9.90 Å². The smallest absolute Gasteiger partial charge is 0.338 e. The highest BCUT2D eigenvalue weighted by atomic mass is 79.9. The van der Waals surface area contributed by atoms with E-state index in [1.807, 2.05) is 31.9 Å². The second-order valence-corrected chi connectivity index (χ2v) is 5.13. The van der Waals surface area contributed by atoms with Crippen molar-refractivity contribution in [2.24, 2.45) is 0 Å². The Morgan fingerprint density at radius 3 is 2.72 bits per heavy atom. The number of hydrogen-bond acceptors (Lipinski definition) is 3. The molecule has 0 spiro atoms. The van der Waals surface area contributed by atoms with Gasteiger partial charge in [0.2, 0.25) is 0 Å². The quantitative estimate of drug-likeness (QED) is 0.876. The fourth-order valence-corrected chi connectivity index (χ4v) is 2.11. The first kappa shape index (κ1) is 15.0. The zero-order valence-electron chi connectivity index (χ0n) is 10.8. The molecule has 0 fully saturated rings. The molecule has 1 N–H and O–H groups in total. The molecule has 4 nitrogen and oxygen atoms in total. The van der Waals surface area contributed by atoms with Gasteiger partial charge in [-0.15, -0.1) is 0 Å². The third-order valence-electron chi connectivity index (χ3n) is 2.49. The van der Waals surface area contributed by atoms with Gasteiger partial charge in [-0.25, -0.2) is 4.79 Å². The van der Waals surface area contributed by atoms with E-state index in [1.165, 1.54) is 0 Å². The van der Waals surface area contributed by atoms with E-state index in [4.69, 9.17) is 4.74 Å². The van der Waals surface area contributed by atoms with Gasteiger partial charge in [-0.3, -0.25) is 0 Å². The van der Waals surface area contributed by atoms with Crippen LogP contribution in [0.3, 0.4) is 0 Å². The van der Waals surface area contributed by atoms with Gasteiger partial charge in [0.15, 0.2) is 0 Å². The average Bonchev–Trinajstić information content (AvgIpc) is 2.27. The largest absolute Gasteiger partial charge is 0.478 e. The maximum absolute atomic E-state index is 11.2. The predicted octanol–water partition coefficient (Wildman–Crippen LogP) is 3.01. The van der Waals surface area contributed by atoms with Crippen molar-refractivity contribution in [3.05, 3.63) is 28.2 Å². The van der Waals surface area contributed by atoms with Crippen LogP contribution in [-0.2, 0) is 4.74 Å². The lowest BCUT2D eigenvalue weighted by atomic mass is 10.1. The van der Waals surface area contributed by atoms with Crippen LogP contribution in [-0.4, -0.2) is 37.4 Å². The Hall–Kier alpha value is -1.07. The standard InChI is InChI=1S/C13H18BrNO3/c1-9(2)18-8-7-15(3)11-6-4-5-10(14)12(11)13(16)17/h4-6,9H,7-8H2,1-3H3,(H,16,17). The molecule has 1 rings (SSSR count). The van der Waals surface area contributed by atoms with Crippen LogP contribution in [0.5, 0.6) is 0 Å². The average molecular weight is 316 g/mol. The van der Waals surface area contributed by atoms with Crippen molar-refractivity contribution in [1.29, 1.82) is 0 Å². The molecule has 0 amide bonds. The van der Waals surface area contributed by atoms with E-state index in [0.29, 0.717) is 23.3 Å². The van der Waals surface area contributed by atoms with Crippen LogP contribution in [0.4, 0.5) is 5.69 Å². The van der Waals surface area contributed by atoms with Gasteiger partial charge >= 0.3 is 5.97 Å². The number of hydrogen-bond donors (Lipinski definition) is 1. The van der Waals surface area contributed by atoms with Gasteiger partial charge in [0, 0.05) is 18.1 Å². The van der Waals surface area contributed by atoms with Crippen LogP contribution in [0, 0.1) is 0 Å². The molecule has 0 radical (unpaired) electrons. The zero-order valence-corrected chi connectivity index (χ0v) is 12.4. The lowest BCUT2D eigenvalue weighted by molar-refractivity contribution is 0.0695. The van der Waals surface area contributed by atoms with E-state index < -0.39 is 5.97 Å². The van der Waals surface area contributed by atoms with Gasteiger partial charge in [0.1, 0.15) is 0 Å². The van der Waals surface area contributed by atoms with Crippen LogP contribution in [0.15, 0.2) is 22.7 Å². The molecule has 0 aliphatic heterocycles. The molecule has 0 aliphatic rings. The number of anilines is 1. The fraction of sp³-hybridized carbons (Fsp3) is 0.462. The maximum atomic E-state index is 11.2. The Kier molecular flexibility index (Phi) is 5.62. The minimum Gasteiger partial charge on any atom is -0.478 e. The predicted molar refractivity (Wildman–Crippen MR) is 75.5 cm³/mol. The van der Waals surface area contributed by atoms with Crippen molar-refractivity contribution >= 4 is 27.6 Å². The molecule has 1 aromatic rings. The van der Waals surface area contributed by atoms with Gasteiger partial charge in [0.05, 0.1) is 24.0 Å². The summed E-state index contributed by atoms with van der Waals surface area (Å²) >= 11 is 3.27. The Balaban J connectivity index is 2.82. The van der Waals surface area contributed by atoms with Crippen LogP contribution in [0.2, 0.25) is 0 Å². The first-order valence-electron chi connectivity index (χ1n) is 5.78. The van der Waals surface area contributed by atoms with E-state index >= 15 is 0 Å². The molecule has 100 valence electrons. The van der Waals surface area contributed by atoms with Gasteiger partial charge in [-0.05, 0) is 41.9 Å². The zero-order chi connectivity index (χ0) is 13.7. The number of carbonyl (C=O) groups is 1. The van der Waals surface area contributed by atoms with Crippen molar-refractivity contribution in [2.45, 2.75) is 20.0 Å². The molecule has 0 heterocycles. The van der Waals surface area contributed by atoms with Crippen LogP contribution < -0.4 is 4.90 Å². The number of carboxylic acid groups (broad SMARTS) is 1. The molecule has 18 heavy (non-hydrogen) atoms. The molecular weight excluding hydrogens is 298 g/mol. The Labute approximate surface area is 116 Å². The lowest BCUT2D eigenvalue weighted by Gasteiger charge is -2.22. The minimum absolute atomic E-state index is 0.180. The number of carboxylic acids is 1. The number of likely N-dealkylation sites (N-methyl/N-ethyl adjacent to an activating group) is 1. The van der Waals surface area contributed by atoms with Crippen molar-refractivity contribution < 1.29 is 14.6 Å². The normalized spacial score (nSPS) is 10.7. The summed E-state index contributed by atoms with van der Waals surface area (Å²) in [6, 6.07) is 5.35. The third-order valence-corrected chi connectivity index (χ3v) is 3.16. The van der Waals surface area contributed by atoms with E-state index in [-0.39, 0.29) is 11.7 Å². The summed E-state index contributed by atoms with van der Waals surface area (Å²) in [6.45, 7) is 5.16. The molecule has 0 saturated heterocycles. The summed E-state index contributed by atoms with van der Waals surface area (Å²) < 4.78 is 6.05. The molecule has 0 bridgehead atoms. The Morgan fingerprint density at radius 2 is 2.17 bits per heavy atom. The summed E-state index contributed by atoms with van der Waals surface area (Å²) in [5.74, 6) is -0.936. The second kappa shape index (κ2) is 6.75. The highest BCUT2D eigenvalue weighted by Gasteiger charge is 2.16. The summed E-state index contributed by atoms with van der Waals surface area (Å²) in [5.41, 5.74) is 0.966. The second-order valence-electron chi connectivity index (χ2n) is 4.28. The van der Waals surface area contributed by atoms with Gasteiger partial charge in [-0.1, -0.05) is 6.07 Å². The third kappa shape index (κ3) is 3.99. The van der Waals surface area contributed by atoms with Gasteiger partial charge in [-0.2, -0.15) is 0 Å². The van der Waals surface area contributed by atoms with E-state index in [2.05, 4.69) is 15.9 Å². The number of benzene rings is 1. The molecular formula is C13H18BrNO3. The summed E-state index contributed by atoms with van der Waals surface area (Å²) in [5, 5.41) is 9.22. The van der Waals surface area contributed by atoms with Crippen molar-refractivity contribution in [3.63, 3.8) is 0 Å². The number of halogens is 1. The van der Waals surface area contributed by atoms with Crippen LogP contribution in [0.1, 0.15) is 24.2 Å². The highest BCUT2D eigenvalue weighted by molar-refractivity contribution is 9.10. The molecule has 0 aromatic heterocycles. The number of nitrogens with zero attached hydrogens (tertiary/aromatic N) is 1. The molecule has 0 aliphatic carbocycles. The molecule has 0 saturated carbocycles. The Morgan fingerprint density at radius 1 is 1.50 bits per heavy atom. The monoisotopic (exact) mass is 315 g/mol. The van der Waals surface area contributed by atoms with E-state index in [1.54, 1.807) is 12.1 Å². The molecule has 5 heteroatoms. The minimum atomic E-state index is -0.936. The first-order chi connectivity index (χ1) is 8.43. The topological polar surface area (TPSA) is 49.8 Å². The fourth-order valence-electron chi connectivity index (χ4n) is 1.59. The summed E-state index contributed by atoms with van der Waals surface area (Å²) in [6.07, 6.45) is 0.180. The first-order valence-corrected chi connectivity index (χ1v) is 6.57.